The zero-order chi connectivity index (χ0) is 18.2. The average molecular weight is 346 g/mol. The normalized spacial score (nSPS) is 11.9. The van der Waals surface area contributed by atoms with Gasteiger partial charge in [0, 0.05) is 18.7 Å². The van der Waals surface area contributed by atoms with E-state index >= 15 is 0 Å². The first kappa shape index (κ1) is 18.7. The molecule has 0 fully saturated rings. The lowest BCUT2D eigenvalue weighted by Crippen LogP contribution is -2.37. The van der Waals surface area contributed by atoms with E-state index in [2.05, 4.69) is 10.6 Å². The van der Waals surface area contributed by atoms with Crippen molar-refractivity contribution in [3.8, 4) is 5.75 Å². The number of hydrogen-bond acceptors (Lipinski definition) is 3. The number of carbonyl (C=O) groups is 1. The third-order valence-corrected chi connectivity index (χ3v) is 3.47. The Hall–Kier alpha value is -2.60. The number of nitrogens with one attached hydrogen (secondary N) is 2. The van der Waals surface area contributed by atoms with Crippen LogP contribution in [0.1, 0.15) is 31.1 Å². The molecular formula is C19H23FN2O3. The summed E-state index contributed by atoms with van der Waals surface area (Å²) in [5.41, 5.74) is 1.07. The quantitative estimate of drug-likeness (QED) is 0.721. The maximum atomic E-state index is 13.5. The predicted octanol–water partition coefficient (Wildman–Crippen LogP) is 3.15. The van der Waals surface area contributed by atoms with Crippen molar-refractivity contribution < 1.29 is 19.0 Å². The van der Waals surface area contributed by atoms with Gasteiger partial charge >= 0.3 is 6.03 Å². The maximum Gasteiger partial charge on any atom is 0.315 e. The molecule has 0 radical (unpaired) electrons. The topological polar surface area (TPSA) is 70.6 Å². The standard InChI is InChI=1S/C19H23FN2O3/c1-13(2)25-15-9-7-14(8-10-15)11-21-19(24)22-12-18(23)16-5-3-4-6-17(16)20/h3-10,13,18,23H,11-12H2,1-2H3,(H2,21,22,24). The first-order chi connectivity index (χ1) is 12.0. The van der Waals surface area contributed by atoms with Crippen LogP contribution in [0, 0.1) is 5.82 Å². The van der Waals surface area contributed by atoms with Crippen LogP contribution in [0.25, 0.3) is 0 Å². The number of carbonyl (C=O) groups excluding carboxylic acids is 1. The number of amides is 2. The molecule has 0 heterocycles. The van der Waals surface area contributed by atoms with E-state index in [4.69, 9.17) is 4.74 Å². The van der Waals surface area contributed by atoms with E-state index < -0.39 is 18.0 Å². The fourth-order valence-corrected chi connectivity index (χ4v) is 2.25. The summed E-state index contributed by atoms with van der Waals surface area (Å²) in [6, 6.07) is 12.9. The van der Waals surface area contributed by atoms with Gasteiger partial charge < -0.3 is 20.5 Å². The van der Waals surface area contributed by atoms with Gasteiger partial charge in [-0.05, 0) is 37.6 Å². The van der Waals surface area contributed by atoms with Gasteiger partial charge in [0.05, 0.1) is 12.2 Å². The second-order valence-electron chi connectivity index (χ2n) is 5.91. The van der Waals surface area contributed by atoms with Crippen molar-refractivity contribution in [1.29, 1.82) is 0 Å². The zero-order valence-corrected chi connectivity index (χ0v) is 14.3. The van der Waals surface area contributed by atoms with Crippen molar-refractivity contribution in [2.45, 2.75) is 32.6 Å². The lowest BCUT2D eigenvalue weighted by Gasteiger charge is -2.14. The number of benzene rings is 2. The van der Waals surface area contributed by atoms with Crippen molar-refractivity contribution in [2.24, 2.45) is 0 Å². The Kier molecular flexibility index (Phi) is 6.77. The highest BCUT2D eigenvalue weighted by Crippen LogP contribution is 2.16. The molecule has 0 bridgehead atoms. The van der Waals surface area contributed by atoms with Gasteiger partial charge in [0.1, 0.15) is 11.6 Å². The van der Waals surface area contributed by atoms with Gasteiger partial charge in [-0.15, -0.1) is 0 Å². The molecule has 0 aliphatic heterocycles. The second kappa shape index (κ2) is 9.03. The third kappa shape index (κ3) is 6.08. The van der Waals surface area contributed by atoms with Crippen molar-refractivity contribution in [3.63, 3.8) is 0 Å². The highest BCUT2D eigenvalue weighted by molar-refractivity contribution is 5.73. The van der Waals surface area contributed by atoms with Gasteiger partial charge in [-0.3, -0.25) is 0 Å². The molecule has 2 aromatic rings. The Bertz CT molecular complexity index is 689. The molecule has 25 heavy (non-hydrogen) atoms. The van der Waals surface area contributed by atoms with Crippen molar-refractivity contribution in [1.82, 2.24) is 10.6 Å². The SMILES string of the molecule is CC(C)Oc1ccc(CNC(=O)NCC(O)c2ccccc2F)cc1. The third-order valence-electron chi connectivity index (χ3n) is 3.47. The smallest absolute Gasteiger partial charge is 0.315 e. The van der Waals surface area contributed by atoms with E-state index in [1.54, 1.807) is 12.1 Å². The number of aliphatic hydroxyl groups excluding tert-OH is 1. The number of aliphatic hydroxyl groups is 1. The van der Waals surface area contributed by atoms with E-state index in [0.717, 1.165) is 11.3 Å². The number of hydrogen-bond donors (Lipinski definition) is 3. The van der Waals surface area contributed by atoms with Gasteiger partial charge in [-0.2, -0.15) is 0 Å². The minimum atomic E-state index is -1.10. The Morgan fingerprint density at radius 3 is 2.44 bits per heavy atom. The molecule has 2 amide bonds. The monoisotopic (exact) mass is 346 g/mol. The van der Waals surface area contributed by atoms with Crippen LogP contribution in [0.15, 0.2) is 48.5 Å². The van der Waals surface area contributed by atoms with Gasteiger partial charge in [0.25, 0.3) is 0 Å². The molecule has 134 valence electrons. The molecule has 1 unspecified atom stereocenters. The van der Waals surface area contributed by atoms with Gasteiger partial charge in [-0.1, -0.05) is 30.3 Å². The number of ether oxygens (including phenoxy) is 1. The van der Waals surface area contributed by atoms with Crippen LogP contribution in [0.3, 0.4) is 0 Å². The van der Waals surface area contributed by atoms with E-state index in [9.17, 15) is 14.3 Å². The molecule has 0 aliphatic rings. The summed E-state index contributed by atoms with van der Waals surface area (Å²) in [5.74, 6) is 0.275. The lowest BCUT2D eigenvalue weighted by molar-refractivity contribution is 0.169. The van der Waals surface area contributed by atoms with Crippen LogP contribution in [0.4, 0.5) is 9.18 Å². The largest absolute Gasteiger partial charge is 0.491 e. The van der Waals surface area contributed by atoms with Crippen molar-refractivity contribution in [3.05, 3.63) is 65.5 Å². The molecule has 0 saturated heterocycles. The zero-order valence-electron chi connectivity index (χ0n) is 14.3. The minimum absolute atomic E-state index is 0.0755. The molecule has 1 atom stereocenters. The van der Waals surface area contributed by atoms with Crippen LogP contribution < -0.4 is 15.4 Å². The fraction of sp³-hybridized carbons (Fsp3) is 0.316. The maximum absolute atomic E-state index is 13.5. The Balaban J connectivity index is 1.76. The highest BCUT2D eigenvalue weighted by Gasteiger charge is 2.13. The summed E-state index contributed by atoms with van der Waals surface area (Å²) < 4.78 is 19.1. The molecule has 0 aliphatic carbocycles. The van der Waals surface area contributed by atoms with Crippen LogP contribution in [-0.4, -0.2) is 23.8 Å². The Labute approximate surface area is 146 Å². The summed E-state index contributed by atoms with van der Waals surface area (Å²) >= 11 is 0. The first-order valence-electron chi connectivity index (χ1n) is 8.15. The number of halogens is 1. The number of rotatable bonds is 7. The molecule has 0 aromatic heterocycles. The van der Waals surface area contributed by atoms with Crippen LogP contribution in [0.2, 0.25) is 0 Å². The second-order valence-corrected chi connectivity index (χ2v) is 5.91. The molecule has 5 nitrogen and oxygen atoms in total. The van der Waals surface area contributed by atoms with Crippen LogP contribution >= 0.6 is 0 Å². The Morgan fingerprint density at radius 1 is 1.12 bits per heavy atom. The van der Waals surface area contributed by atoms with E-state index in [1.807, 2.05) is 38.1 Å². The Morgan fingerprint density at radius 2 is 1.80 bits per heavy atom. The van der Waals surface area contributed by atoms with Crippen molar-refractivity contribution in [2.75, 3.05) is 6.54 Å². The average Bonchev–Trinajstić information content (AvgIpc) is 2.59. The fourth-order valence-electron chi connectivity index (χ4n) is 2.25. The van der Waals surface area contributed by atoms with Gasteiger partial charge in [-0.25, -0.2) is 9.18 Å². The predicted molar refractivity (Wildman–Crippen MR) is 93.8 cm³/mol. The van der Waals surface area contributed by atoms with Crippen molar-refractivity contribution >= 4 is 6.03 Å². The van der Waals surface area contributed by atoms with E-state index in [1.165, 1.54) is 12.1 Å². The summed E-state index contributed by atoms with van der Waals surface area (Å²) in [7, 11) is 0. The highest BCUT2D eigenvalue weighted by atomic mass is 19.1. The summed E-state index contributed by atoms with van der Waals surface area (Å²) in [6.45, 7) is 4.17. The van der Waals surface area contributed by atoms with Gasteiger partial charge in [0.2, 0.25) is 0 Å². The summed E-state index contributed by atoms with van der Waals surface area (Å²) in [6.07, 6.45) is -0.991. The molecule has 3 N–H and O–H groups in total. The summed E-state index contributed by atoms with van der Waals surface area (Å²) in [5, 5.41) is 15.2. The molecule has 0 saturated carbocycles. The molecular weight excluding hydrogens is 323 g/mol. The lowest BCUT2D eigenvalue weighted by atomic mass is 10.1. The molecule has 2 rings (SSSR count). The van der Waals surface area contributed by atoms with E-state index in [0.29, 0.717) is 6.54 Å². The van der Waals surface area contributed by atoms with Crippen LogP contribution in [0.5, 0.6) is 5.75 Å². The van der Waals surface area contributed by atoms with Gasteiger partial charge in [0.15, 0.2) is 0 Å². The first-order valence-corrected chi connectivity index (χ1v) is 8.15. The molecule has 2 aromatic carbocycles. The molecule has 6 heteroatoms. The molecule has 0 spiro atoms. The van der Waals surface area contributed by atoms with E-state index in [-0.39, 0.29) is 18.2 Å². The van der Waals surface area contributed by atoms with Crippen LogP contribution in [-0.2, 0) is 6.54 Å². The minimum Gasteiger partial charge on any atom is -0.491 e. The number of urea groups is 1. The summed E-state index contributed by atoms with van der Waals surface area (Å²) in [4.78, 5) is 11.8.